The van der Waals surface area contributed by atoms with E-state index in [0.29, 0.717) is 23.8 Å². The highest BCUT2D eigenvalue weighted by atomic mass is 32.1. The van der Waals surface area contributed by atoms with Crippen molar-refractivity contribution in [2.75, 3.05) is 13.1 Å². The molecule has 1 aromatic rings. The number of thiocarbonyl (C=S) groups is 1. The molecule has 15 heavy (non-hydrogen) atoms. The molecule has 0 aliphatic carbocycles. The first-order valence-electron chi connectivity index (χ1n) is 4.54. The predicted octanol–water partition coefficient (Wildman–Crippen LogP) is 1.20. The summed E-state index contributed by atoms with van der Waals surface area (Å²) in [5.74, 6) is -0.116. The van der Waals surface area contributed by atoms with Crippen LogP contribution < -0.4 is 5.73 Å². The molecule has 2 N–H and O–H groups in total. The first kappa shape index (κ1) is 12.1. The van der Waals surface area contributed by atoms with Crippen LogP contribution in [-0.2, 0) is 0 Å². The molecule has 1 amide bonds. The average Bonchev–Trinajstić information content (AvgIpc) is 2.60. The molecule has 1 aromatic heterocycles. The average molecular weight is 243 g/mol. The van der Waals surface area contributed by atoms with Gasteiger partial charge in [-0.3, -0.25) is 4.79 Å². The number of aryl methyl sites for hydroxylation is 1. The van der Waals surface area contributed by atoms with Gasteiger partial charge in [0.2, 0.25) is 0 Å². The molecule has 0 unspecified atom stereocenters. The highest BCUT2D eigenvalue weighted by Gasteiger charge is 2.16. The summed E-state index contributed by atoms with van der Waals surface area (Å²) in [6.45, 7) is 4.63. The van der Waals surface area contributed by atoms with Crippen LogP contribution in [0.25, 0.3) is 0 Å². The van der Waals surface area contributed by atoms with E-state index < -0.39 is 0 Å². The molecule has 82 valence electrons. The Morgan fingerprint density at radius 1 is 1.73 bits per heavy atom. The molecule has 0 spiro atoms. The Bertz CT molecular complexity index is 375. The van der Waals surface area contributed by atoms with Crippen LogP contribution in [0.5, 0.6) is 0 Å². The fraction of sp³-hybridized carbons (Fsp3) is 0.444. The molecule has 1 heterocycles. The zero-order valence-electron chi connectivity index (χ0n) is 8.69. The van der Waals surface area contributed by atoms with Gasteiger partial charge in [-0.2, -0.15) is 0 Å². The molecular weight excluding hydrogens is 230 g/mol. The normalized spacial score (nSPS) is 10.0. The number of hydrogen-bond acceptors (Lipinski definition) is 4. The molecule has 0 aliphatic rings. The summed E-state index contributed by atoms with van der Waals surface area (Å²) in [6.07, 6.45) is 0. The number of thiazole rings is 1. The third-order valence-corrected chi connectivity index (χ3v) is 2.76. The summed E-state index contributed by atoms with van der Waals surface area (Å²) >= 11 is 6.24. The van der Waals surface area contributed by atoms with Crippen molar-refractivity contribution in [2.24, 2.45) is 5.73 Å². The molecule has 0 saturated heterocycles. The van der Waals surface area contributed by atoms with E-state index in [9.17, 15) is 4.79 Å². The van der Waals surface area contributed by atoms with Crippen molar-refractivity contribution in [3.05, 3.63) is 16.1 Å². The molecule has 0 aliphatic heterocycles. The lowest BCUT2D eigenvalue weighted by Crippen LogP contribution is -2.37. The second-order valence-electron chi connectivity index (χ2n) is 3.04. The number of aromatic nitrogens is 1. The molecule has 0 radical (unpaired) electrons. The Morgan fingerprint density at radius 2 is 2.40 bits per heavy atom. The lowest BCUT2D eigenvalue weighted by molar-refractivity contribution is 0.0782. The number of hydrogen-bond donors (Lipinski definition) is 1. The molecule has 4 nitrogen and oxygen atoms in total. The predicted molar refractivity (Wildman–Crippen MR) is 65.2 cm³/mol. The molecule has 6 heteroatoms. The van der Waals surface area contributed by atoms with E-state index in [4.69, 9.17) is 18.0 Å². The molecule has 0 saturated carbocycles. The fourth-order valence-corrected chi connectivity index (χ4v) is 1.88. The van der Waals surface area contributed by atoms with Crippen LogP contribution in [-0.4, -0.2) is 33.9 Å². The largest absolute Gasteiger partial charge is 0.392 e. The van der Waals surface area contributed by atoms with Gasteiger partial charge in [0.25, 0.3) is 5.91 Å². The first-order chi connectivity index (χ1) is 7.04. The molecule has 0 aromatic carbocycles. The Kier molecular flexibility index (Phi) is 4.16. The Balaban J connectivity index is 2.77. The Labute approximate surface area is 98.1 Å². The zero-order chi connectivity index (χ0) is 11.4. The van der Waals surface area contributed by atoms with Gasteiger partial charge in [0.15, 0.2) is 0 Å². The van der Waals surface area contributed by atoms with E-state index in [1.54, 1.807) is 10.3 Å². The van der Waals surface area contributed by atoms with Gasteiger partial charge in [-0.15, -0.1) is 11.3 Å². The van der Waals surface area contributed by atoms with Crippen LogP contribution in [0.3, 0.4) is 0 Å². The lowest BCUT2D eigenvalue weighted by Gasteiger charge is -2.18. The highest BCUT2D eigenvalue weighted by molar-refractivity contribution is 7.80. The number of carbonyl (C=O) groups is 1. The van der Waals surface area contributed by atoms with Crippen molar-refractivity contribution in [1.29, 1.82) is 0 Å². The number of amides is 1. The topological polar surface area (TPSA) is 59.2 Å². The first-order valence-corrected chi connectivity index (χ1v) is 5.83. The molecular formula is C9H13N3OS2. The van der Waals surface area contributed by atoms with Crippen molar-refractivity contribution in [3.8, 4) is 0 Å². The summed E-state index contributed by atoms with van der Waals surface area (Å²) in [5.41, 5.74) is 5.88. The number of rotatable bonds is 4. The SMILES string of the molecule is CCN(CC(N)=S)C(=O)c1csc(C)n1. The summed E-state index contributed by atoms with van der Waals surface area (Å²) in [4.78, 5) is 17.9. The molecule has 1 rings (SSSR count). The maximum Gasteiger partial charge on any atom is 0.273 e. The van der Waals surface area contributed by atoms with Crippen molar-refractivity contribution >= 4 is 34.5 Å². The maximum atomic E-state index is 11.9. The van der Waals surface area contributed by atoms with E-state index in [-0.39, 0.29) is 5.91 Å². The standard InChI is InChI=1S/C9H13N3OS2/c1-3-12(4-8(10)14)9(13)7-5-15-6(2)11-7/h5H,3-4H2,1-2H3,(H2,10,14). The molecule has 0 atom stereocenters. The third-order valence-electron chi connectivity index (χ3n) is 1.85. The van der Waals surface area contributed by atoms with Crippen molar-refractivity contribution in [1.82, 2.24) is 9.88 Å². The maximum absolute atomic E-state index is 11.9. The second kappa shape index (κ2) is 5.18. The van der Waals surface area contributed by atoms with E-state index >= 15 is 0 Å². The quantitative estimate of drug-likeness (QED) is 0.807. The van der Waals surface area contributed by atoms with Gasteiger partial charge in [0.05, 0.1) is 16.5 Å². The number of nitrogens with two attached hydrogens (primary N) is 1. The molecule has 0 bridgehead atoms. The smallest absolute Gasteiger partial charge is 0.273 e. The zero-order valence-corrected chi connectivity index (χ0v) is 10.3. The lowest BCUT2D eigenvalue weighted by atomic mass is 10.4. The van der Waals surface area contributed by atoms with E-state index in [0.717, 1.165) is 5.01 Å². The minimum Gasteiger partial charge on any atom is -0.392 e. The van der Waals surface area contributed by atoms with Gasteiger partial charge >= 0.3 is 0 Å². The molecule has 0 fully saturated rings. The summed E-state index contributed by atoms with van der Waals surface area (Å²) in [7, 11) is 0. The Morgan fingerprint density at radius 3 is 2.80 bits per heavy atom. The summed E-state index contributed by atoms with van der Waals surface area (Å²) in [6, 6.07) is 0. The third kappa shape index (κ3) is 3.24. The van der Waals surface area contributed by atoms with E-state index in [1.807, 2.05) is 13.8 Å². The van der Waals surface area contributed by atoms with E-state index in [2.05, 4.69) is 4.98 Å². The van der Waals surface area contributed by atoms with Gasteiger partial charge in [-0.05, 0) is 13.8 Å². The van der Waals surface area contributed by atoms with Gasteiger partial charge in [0.1, 0.15) is 5.69 Å². The van der Waals surface area contributed by atoms with Crippen LogP contribution in [0.1, 0.15) is 22.4 Å². The van der Waals surface area contributed by atoms with Crippen LogP contribution in [0, 0.1) is 6.92 Å². The second-order valence-corrected chi connectivity index (χ2v) is 4.62. The summed E-state index contributed by atoms with van der Waals surface area (Å²) in [5, 5.41) is 2.63. The van der Waals surface area contributed by atoms with E-state index in [1.165, 1.54) is 11.3 Å². The van der Waals surface area contributed by atoms with Crippen LogP contribution in [0.15, 0.2) is 5.38 Å². The minimum absolute atomic E-state index is 0.116. The monoisotopic (exact) mass is 243 g/mol. The number of carbonyl (C=O) groups excluding carboxylic acids is 1. The van der Waals surface area contributed by atoms with Gasteiger partial charge < -0.3 is 10.6 Å². The number of nitrogens with zero attached hydrogens (tertiary/aromatic N) is 2. The van der Waals surface area contributed by atoms with Crippen LogP contribution in [0.2, 0.25) is 0 Å². The van der Waals surface area contributed by atoms with Crippen LogP contribution >= 0.6 is 23.6 Å². The summed E-state index contributed by atoms with van der Waals surface area (Å²) < 4.78 is 0. The van der Waals surface area contributed by atoms with Crippen molar-refractivity contribution < 1.29 is 4.79 Å². The van der Waals surface area contributed by atoms with Gasteiger partial charge in [0, 0.05) is 11.9 Å². The van der Waals surface area contributed by atoms with Gasteiger partial charge in [-0.1, -0.05) is 12.2 Å². The Hall–Kier alpha value is -1.01. The highest BCUT2D eigenvalue weighted by Crippen LogP contribution is 2.10. The number of likely N-dealkylation sites (N-methyl/N-ethyl adjacent to an activating group) is 1. The van der Waals surface area contributed by atoms with Crippen LogP contribution in [0.4, 0.5) is 0 Å². The van der Waals surface area contributed by atoms with Crippen molar-refractivity contribution in [3.63, 3.8) is 0 Å². The van der Waals surface area contributed by atoms with Gasteiger partial charge in [-0.25, -0.2) is 4.98 Å². The minimum atomic E-state index is -0.116. The van der Waals surface area contributed by atoms with Crippen molar-refractivity contribution in [2.45, 2.75) is 13.8 Å². The fourth-order valence-electron chi connectivity index (χ4n) is 1.14.